The number of carbonyl (C=O) groups excluding carboxylic acids is 1. The van der Waals surface area contributed by atoms with Crippen molar-refractivity contribution in [2.24, 2.45) is 22.7 Å². The monoisotopic (exact) mass is 316 g/mol. The van der Waals surface area contributed by atoms with Crippen molar-refractivity contribution in [1.29, 1.82) is 0 Å². The molecule has 0 bridgehead atoms. The molecule has 0 unspecified atom stereocenters. The summed E-state index contributed by atoms with van der Waals surface area (Å²) < 4.78 is 5.60. The molecule has 4 rings (SSSR count). The second-order valence-electron chi connectivity index (χ2n) is 8.98. The number of fused-ring (bicyclic) bond motifs is 4. The zero-order valence-electron chi connectivity index (χ0n) is 14.7. The van der Waals surface area contributed by atoms with Crippen molar-refractivity contribution in [2.75, 3.05) is 0 Å². The van der Waals surface area contributed by atoms with Crippen LogP contribution in [0.3, 0.4) is 0 Å². The average Bonchev–Trinajstić information content (AvgIpc) is 2.77. The second-order valence-corrected chi connectivity index (χ2v) is 8.98. The van der Waals surface area contributed by atoms with Crippen molar-refractivity contribution >= 4 is 5.97 Å². The van der Waals surface area contributed by atoms with E-state index >= 15 is 0 Å². The standard InChI is InChI=1S/C20H28O3/c1-11-13-9-12-5-6-16-19(2,3)8-7-17(21)20(16,4)14(12)10-15(13)23-18(11)22/h9,14-17,21H,5-8,10H2,1-4H3/t14-,15+,16-,17+,20+/m1/s1. The highest BCUT2D eigenvalue weighted by atomic mass is 16.5. The van der Waals surface area contributed by atoms with E-state index in [-0.39, 0.29) is 29.0 Å². The Morgan fingerprint density at radius 1 is 1.26 bits per heavy atom. The van der Waals surface area contributed by atoms with Crippen LogP contribution >= 0.6 is 0 Å². The molecule has 0 spiro atoms. The van der Waals surface area contributed by atoms with Gasteiger partial charge in [0, 0.05) is 16.6 Å². The van der Waals surface area contributed by atoms with Crippen molar-refractivity contribution in [2.45, 2.75) is 72.0 Å². The summed E-state index contributed by atoms with van der Waals surface area (Å²) in [6, 6.07) is 0. The predicted molar refractivity (Wildman–Crippen MR) is 88.6 cm³/mol. The highest BCUT2D eigenvalue weighted by molar-refractivity contribution is 5.92. The Kier molecular flexibility index (Phi) is 3.17. The lowest BCUT2D eigenvalue weighted by atomic mass is 9.45. The summed E-state index contributed by atoms with van der Waals surface area (Å²) in [5.41, 5.74) is 3.48. The van der Waals surface area contributed by atoms with Crippen LogP contribution in [0, 0.1) is 22.7 Å². The van der Waals surface area contributed by atoms with E-state index in [4.69, 9.17) is 4.74 Å². The fourth-order valence-corrected chi connectivity index (χ4v) is 6.14. The molecule has 0 aromatic heterocycles. The molecule has 1 aliphatic heterocycles. The number of rotatable bonds is 0. The van der Waals surface area contributed by atoms with Gasteiger partial charge in [-0.2, -0.15) is 0 Å². The van der Waals surface area contributed by atoms with Gasteiger partial charge in [-0.25, -0.2) is 4.79 Å². The summed E-state index contributed by atoms with van der Waals surface area (Å²) in [6.07, 6.45) is 6.97. The number of aliphatic hydroxyl groups excluding tert-OH is 1. The van der Waals surface area contributed by atoms with Crippen LogP contribution in [0.25, 0.3) is 0 Å². The van der Waals surface area contributed by atoms with Crippen molar-refractivity contribution < 1.29 is 14.6 Å². The number of carbonyl (C=O) groups is 1. The number of ether oxygens (including phenoxy) is 1. The fourth-order valence-electron chi connectivity index (χ4n) is 6.14. The highest BCUT2D eigenvalue weighted by Crippen LogP contribution is 2.63. The van der Waals surface area contributed by atoms with Crippen LogP contribution in [0.4, 0.5) is 0 Å². The minimum absolute atomic E-state index is 0.0935. The Balaban J connectivity index is 1.77. The first-order valence-electron chi connectivity index (χ1n) is 9.05. The number of allylic oxidation sites excluding steroid dienone is 1. The van der Waals surface area contributed by atoms with Crippen LogP contribution in [0.2, 0.25) is 0 Å². The van der Waals surface area contributed by atoms with Gasteiger partial charge >= 0.3 is 5.97 Å². The van der Waals surface area contributed by atoms with Crippen molar-refractivity contribution in [3.63, 3.8) is 0 Å². The average molecular weight is 316 g/mol. The fraction of sp³-hybridized carbons (Fsp3) is 0.750. The molecule has 4 aliphatic rings. The zero-order chi connectivity index (χ0) is 16.6. The molecule has 3 nitrogen and oxygen atoms in total. The van der Waals surface area contributed by atoms with E-state index in [1.165, 1.54) is 5.57 Å². The maximum atomic E-state index is 11.9. The van der Waals surface area contributed by atoms with Gasteiger partial charge in [-0.05, 0) is 56.3 Å². The first-order chi connectivity index (χ1) is 10.7. The van der Waals surface area contributed by atoms with Crippen LogP contribution in [0.1, 0.15) is 59.8 Å². The van der Waals surface area contributed by atoms with E-state index in [9.17, 15) is 9.90 Å². The van der Waals surface area contributed by atoms with Crippen LogP contribution in [0.5, 0.6) is 0 Å². The van der Waals surface area contributed by atoms with Gasteiger partial charge in [-0.15, -0.1) is 0 Å². The lowest BCUT2D eigenvalue weighted by Crippen LogP contribution is -2.57. The van der Waals surface area contributed by atoms with Crippen LogP contribution in [0.15, 0.2) is 22.8 Å². The topological polar surface area (TPSA) is 46.5 Å². The number of aliphatic hydroxyl groups is 1. The Morgan fingerprint density at radius 3 is 2.74 bits per heavy atom. The lowest BCUT2D eigenvalue weighted by molar-refractivity contribution is -0.151. The van der Waals surface area contributed by atoms with Gasteiger partial charge in [-0.1, -0.05) is 32.4 Å². The summed E-state index contributed by atoms with van der Waals surface area (Å²) in [6.45, 7) is 8.90. The molecule has 23 heavy (non-hydrogen) atoms. The molecule has 1 N–H and O–H groups in total. The van der Waals surface area contributed by atoms with Crippen molar-refractivity contribution in [3.05, 3.63) is 22.8 Å². The number of esters is 1. The van der Waals surface area contributed by atoms with E-state index in [2.05, 4.69) is 26.8 Å². The van der Waals surface area contributed by atoms with E-state index in [0.29, 0.717) is 11.8 Å². The molecule has 0 radical (unpaired) electrons. The van der Waals surface area contributed by atoms with Gasteiger partial charge in [-0.3, -0.25) is 0 Å². The van der Waals surface area contributed by atoms with E-state index in [1.54, 1.807) is 0 Å². The molecular weight excluding hydrogens is 288 g/mol. The molecule has 2 fully saturated rings. The quantitative estimate of drug-likeness (QED) is 0.692. The first kappa shape index (κ1) is 15.4. The van der Waals surface area contributed by atoms with Gasteiger partial charge in [0.05, 0.1) is 6.10 Å². The normalized spacial score (nSPS) is 44.9. The largest absolute Gasteiger partial charge is 0.454 e. The Hall–Kier alpha value is -1.09. The minimum atomic E-state index is -0.252. The van der Waals surface area contributed by atoms with Gasteiger partial charge in [0.2, 0.25) is 0 Å². The Bertz CT molecular complexity index is 627. The molecule has 5 atom stereocenters. The maximum Gasteiger partial charge on any atom is 0.334 e. The molecule has 3 aliphatic carbocycles. The Labute approximate surface area is 138 Å². The van der Waals surface area contributed by atoms with E-state index in [1.807, 2.05) is 6.92 Å². The zero-order valence-corrected chi connectivity index (χ0v) is 14.7. The molecule has 0 aromatic rings. The molecule has 0 saturated heterocycles. The molecule has 126 valence electrons. The second kappa shape index (κ2) is 4.72. The third kappa shape index (κ3) is 1.95. The SMILES string of the molecule is CC1=C2C=C3CC[C@@H]4C(C)(C)CC[C@H](O)[C@@]4(C)[C@@H]3C[C@@H]2OC1=O. The van der Waals surface area contributed by atoms with E-state index in [0.717, 1.165) is 43.3 Å². The predicted octanol–water partition coefficient (Wildman–Crippen LogP) is 3.77. The third-order valence-electron chi connectivity index (χ3n) is 7.52. The van der Waals surface area contributed by atoms with Gasteiger partial charge in [0.1, 0.15) is 6.10 Å². The molecule has 2 saturated carbocycles. The van der Waals surface area contributed by atoms with Gasteiger partial charge in [0.25, 0.3) is 0 Å². The van der Waals surface area contributed by atoms with Crippen molar-refractivity contribution in [1.82, 2.24) is 0 Å². The first-order valence-corrected chi connectivity index (χ1v) is 9.05. The van der Waals surface area contributed by atoms with Gasteiger partial charge < -0.3 is 9.84 Å². The summed E-state index contributed by atoms with van der Waals surface area (Å²) in [7, 11) is 0. The number of hydrogen-bond acceptors (Lipinski definition) is 3. The highest BCUT2D eigenvalue weighted by Gasteiger charge is 2.59. The molecule has 0 amide bonds. The van der Waals surface area contributed by atoms with Crippen molar-refractivity contribution in [3.8, 4) is 0 Å². The van der Waals surface area contributed by atoms with E-state index < -0.39 is 0 Å². The Morgan fingerprint density at radius 2 is 2.00 bits per heavy atom. The smallest absolute Gasteiger partial charge is 0.334 e. The molecule has 0 aromatic carbocycles. The summed E-state index contributed by atoms with van der Waals surface area (Å²) in [5.74, 6) is 0.708. The summed E-state index contributed by atoms with van der Waals surface area (Å²) >= 11 is 0. The molecule has 1 heterocycles. The number of hydrogen-bond donors (Lipinski definition) is 1. The van der Waals surface area contributed by atoms with Crippen LogP contribution in [-0.4, -0.2) is 23.3 Å². The molecule has 3 heteroatoms. The van der Waals surface area contributed by atoms with Crippen LogP contribution < -0.4 is 0 Å². The van der Waals surface area contributed by atoms with Crippen LogP contribution in [-0.2, 0) is 9.53 Å². The minimum Gasteiger partial charge on any atom is -0.454 e. The maximum absolute atomic E-state index is 11.9. The summed E-state index contributed by atoms with van der Waals surface area (Å²) in [4.78, 5) is 11.9. The lowest BCUT2D eigenvalue weighted by Gasteiger charge is -2.61. The summed E-state index contributed by atoms with van der Waals surface area (Å²) in [5, 5.41) is 10.9. The van der Waals surface area contributed by atoms with Gasteiger partial charge in [0.15, 0.2) is 0 Å². The molecular formula is C20H28O3. The third-order valence-corrected chi connectivity index (χ3v) is 7.52.